The second kappa shape index (κ2) is 8.28. The van der Waals surface area contributed by atoms with E-state index in [0.717, 1.165) is 33.9 Å². The van der Waals surface area contributed by atoms with Crippen LogP contribution in [0.15, 0.2) is 36.4 Å². The molecule has 2 aromatic carbocycles. The summed E-state index contributed by atoms with van der Waals surface area (Å²) in [6, 6.07) is 11.2. The normalized spacial score (nSPS) is 14.7. The van der Waals surface area contributed by atoms with E-state index in [1.807, 2.05) is 37.3 Å². The number of aromatic nitrogens is 2. The number of hydrogen-bond donors (Lipinski definition) is 2. The van der Waals surface area contributed by atoms with Crippen LogP contribution < -0.4 is 19.5 Å². The molecule has 3 aromatic rings. The van der Waals surface area contributed by atoms with Crippen LogP contribution in [-0.2, 0) is 6.42 Å². The Labute approximate surface area is 179 Å². The predicted octanol–water partition coefficient (Wildman–Crippen LogP) is 3.79. The number of fused-ring (bicyclic) bond motifs is 1. The molecule has 2 N–H and O–H groups in total. The van der Waals surface area contributed by atoms with Gasteiger partial charge in [-0.1, -0.05) is 11.6 Å². The molecule has 0 aliphatic carbocycles. The van der Waals surface area contributed by atoms with Crippen molar-refractivity contribution in [3.63, 3.8) is 0 Å². The standard InChI is InChI=1S/C22H22ClN3O4/c1-12-6-19(26-25-12)22(27)24-11-16-8-14-7-13(9-18(23)21(14)30-16)17-10-15(28-2)4-5-20(17)29-3/h4-7,9-10,16H,8,11H2,1-3H3,(H,24,27)(H,25,26)/t16-/m0/s1. The Balaban J connectivity index is 1.52. The van der Waals surface area contributed by atoms with Crippen molar-refractivity contribution >= 4 is 17.5 Å². The third-order valence-electron chi connectivity index (χ3n) is 5.00. The van der Waals surface area contributed by atoms with E-state index >= 15 is 0 Å². The van der Waals surface area contributed by atoms with Gasteiger partial charge in [-0.2, -0.15) is 5.10 Å². The maximum absolute atomic E-state index is 12.2. The summed E-state index contributed by atoms with van der Waals surface area (Å²) in [5.41, 5.74) is 3.96. The van der Waals surface area contributed by atoms with E-state index in [1.54, 1.807) is 20.3 Å². The number of ether oxygens (including phenoxy) is 3. The fourth-order valence-corrected chi connectivity index (χ4v) is 3.81. The summed E-state index contributed by atoms with van der Waals surface area (Å²) < 4.78 is 16.8. The highest BCUT2D eigenvalue weighted by Crippen LogP contribution is 2.42. The first-order valence-electron chi connectivity index (χ1n) is 9.50. The largest absolute Gasteiger partial charge is 0.497 e. The number of H-pyrrole nitrogens is 1. The summed E-state index contributed by atoms with van der Waals surface area (Å²) in [6.07, 6.45) is 0.429. The number of nitrogens with one attached hydrogen (secondary N) is 2. The maximum atomic E-state index is 12.2. The van der Waals surface area contributed by atoms with Crippen molar-refractivity contribution in [3.8, 4) is 28.4 Å². The summed E-state index contributed by atoms with van der Waals surface area (Å²) in [6.45, 7) is 2.20. The zero-order valence-corrected chi connectivity index (χ0v) is 17.7. The van der Waals surface area contributed by atoms with Gasteiger partial charge in [-0.25, -0.2) is 0 Å². The van der Waals surface area contributed by atoms with Gasteiger partial charge in [0.1, 0.15) is 29.0 Å². The number of benzene rings is 2. The second-order valence-corrected chi connectivity index (χ2v) is 7.51. The Kier molecular flexibility index (Phi) is 5.55. The van der Waals surface area contributed by atoms with Crippen molar-refractivity contribution in [2.75, 3.05) is 20.8 Å². The van der Waals surface area contributed by atoms with Crippen LogP contribution in [0, 0.1) is 6.92 Å². The van der Waals surface area contributed by atoms with E-state index in [9.17, 15) is 4.79 Å². The van der Waals surface area contributed by atoms with E-state index in [0.29, 0.717) is 29.4 Å². The highest BCUT2D eigenvalue weighted by Gasteiger charge is 2.27. The molecule has 0 saturated carbocycles. The van der Waals surface area contributed by atoms with Crippen molar-refractivity contribution in [2.24, 2.45) is 0 Å². The van der Waals surface area contributed by atoms with E-state index < -0.39 is 0 Å². The Morgan fingerprint density at radius 3 is 2.80 bits per heavy atom. The quantitative estimate of drug-likeness (QED) is 0.625. The molecule has 0 radical (unpaired) electrons. The van der Waals surface area contributed by atoms with Crippen LogP contribution in [0.2, 0.25) is 5.02 Å². The molecule has 156 valence electrons. The lowest BCUT2D eigenvalue weighted by molar-refractivity contribution is 0.0928. The fourth-order valence-electron chi connectivity index (χ4n) is 3.53. The number of halogens is 1. The van der Waals surface area contributed by atoms with Gasteiger partial charge in [-0.15, -0.1) is 0 Å². The SMILES string of the molecule is COc1ccc(OC)c(-c2cc(Cl)c3c(c2)C[C@@H](CNC(=O)c2cc(C)[nH]n2)O3)c1. The number of carbonyl (C=O) groups is 1. The summed E-state index contributed by atoms with van der Waals surface area (Å²) in [4.78, 5) is 12.2. The molecule has 0 bridgehead atoms. The van der Waals surface area contributed by atoms with Gasteiger partial charge in [0.15, 0.2) is 0 Å². The number of aryl methyl sites for hydroxylation is 1. The number of nitrogens with zero attached hydrogens (tertiary/aromatic N) is 1. The van der Waals surface area contributed by atoms with Crippen LogP contribution in [0.5, 0.6) is 17.2 Å². The van der Waals surface area contributed by atoms with Gasteiger partial charge in [0, 0.05) is 23.2 Å². The van der Waals surface area contributed by atoms with Crippen LogP contribution in [0.25, 0.3) is 11.1 Å². The third kappa shape index (κ3) is 3.93. The predicted molar refractivity (Wildman–Crippen MR) is 114 cm³/mol. The molecule has 8 heteroatoms. The van der Waals surface area contributed by atoms with Gasteiger partial charge in [0.2, 0.25) is 0 Å². The van der Waals surface area contributed by atoms with Crippen molar-refractivity contribution in [1.82, 2.24) is 15.5 Å². The van der Waals surface area contributed by atoms with Crippen molar-refractivity contribution in [1.29, 1.82) is 0 Å². The van der Waals surface area contributed by atoms with E-state index in [2.05, 4.69) is 15.5 Å². The molecule has 1 aliphatic heterocycles. The smallest absolute Gasteiger partial charge is 0.271 e. The Morgan fingerprint density at radius 2 is 2.10 bits per heavy atom. The summed E-state index contributed by atoms with van der Waals surface area (Å²) in [7, 11) is 3.25. The molecule has 0 unspecified atom stereocenters. The van der Waals surface area contributed by atoms with Crippen LogP contribution in [-0.4, -0.2) is 43.0 Å². The summed E-state index contributed by atoms with van der Waals surface area (Å²) in [5.74, 6) is 1.86. The molecule has 2 heterocycles. The van der Waals surface area contributed by atoms with Gasteiger partial charge in [-0.05, 0) is 48.9 Å². The zero-order chi connectivity index (χ0) is 21.3. The number of carbonyl (C=O) groups excluding carboxylic acids is 1. The molecule has 0 fully saturated rings. The molecule has 4 rings (SSSR count). The van der Waals surface area contributed by atoms with Gasteiger partial charge in [-0.3, -0.25) is 9.89 Å². The van der Waals surface area contributed by atoms with E-state index in [4.69, 9.17) is 25.8 Å². The molecular formula is C22H22ClN3O4. The average Bonchev–Trinajstić information content (AvgIpc) is 3.37. The van der Waals surface area contributed by atoms with Crippen molar-refractivity contribution in [2.45, 2.75) is 19.4 Å². The Bertz CT molecular complexity index is 1100. The van der Waals surface area contributed by atoms with Crippen molar-refractivity contribution < 1.29 is 19.0 Å². The second-order valence-electron chi connectivity index (χ2n) is 7.10. The van der Waals surface area contributed by atoms with Gasteiger partial charge in [0.25, 0.3) is 5.91 Å². The topological polar surface area (TPSA) is 85.5 Å². The average molecular weight is 428 g/mol. The van der Waals surface area contributed by atoms with Crippen LogP contribution in [0.3, 0.4) is 0 Å². The first-order chi connectivity index (χ1) is 14.5. The minimum Gasteiger partial charge on any atom is -0.497 e. The van der Waals surface area contributed by atoms with Gasteiger partial charge < -0.3 is 19.5 Å². The molecular weight excluding hydrogens is 406 g/mol. The van der Waals surface area contributed by atoms with Crippen LogP contribution >= 0.6 is 11.6 Å². The lowest BCUT2D eigenvalue weighted by Crippen LogP contribution is -2.34. The molecule has 30 heavy (non-hydrogen) atoms. The van der Waals surface area contributed by atoms with Crippen LogP contribution in [0.1, 0.15) is 21.7 Å². The number of rotatable bonds is 6. The zero-order valence-electron chi connectivity index (χ0n) is 16.9. The molecule has 1 atom stereocenters. The molecule has 7 nitrogen and oxygen atoms in total. The van der Waals surface area contributed by atoms with Crippen molar-refractivity contribution in [3.05, 3.63) is 58.4 Å². The first kappa shape index (κ1) is 20.1. The number of hydrogen-bond acceptors (Lipinski definition) is 5. The highest BCUT2D eigenvalue weighted by atomic mass is 35.5. The third-order valence-corrected chi connectivity index (χ3v) is 5.28. The lowest BCUT2D eigenvalue weighted by atomic mass is 9.99. The Morgan fingerprint density at radius 1 is 1.27 bits per heavy atom. The molecule has 1 aliphatic rings. The fraction of sp³-hybridized carbons (Fsp3) is 0.273. The molecule has 1 amide bonds. The van der Waals surface area contributed by atoms with E-state index in [-0.39, 0.29) is 12.0 Å². The molecule has 1 aromatic heterocycles. The summed E-state index contributed by atoms with van der Waals surface area (Å²) >= 11 is 6.52. The monoisotopic (exact) mass is 427 g/mol. The highest BCUT2D eigenvalue weighted by molar-refractivity contribution is 6.32. The number of amides is 1. The minimum atomic E-state index is -0.244. The molecule has 0 saturated heterocycles. The summed E-state index contributed by atoms with van der Waals surface area (Å²) in [5, 5.41) is 10.1. The maximum Gasteiger partial charge on any atom is 0.271 e. The van der Waals surface area contributed by atoms with Gasteiger partial charge >= 0.3 is 0 Å². The molecule has 0 spiro atoms. The first-order valence-corrected chi connectivity index (χ1v) is 9.88. The van der Waals surface area contributed by atoms with Crippen LogP contribution in [0.4, 0.5) is 0 Å². The van der Waals surface area contributed by atoms with E-state index in [1.165, 1.54) is 0 Å². The lowest BCUT2D eigenvalue weighted by Gasteiger charge is -2.13. The Hall–Kier alpha value is -3.19. The number of aromatic amines is 1. The van der Waals surface area contributed by atoms with Gasteiger partial charge in [0.05, 0.1) is 25.8 Å². The minimum absolute atomic E-state index is 0.205. The number of methoxy groups -OCH3 is 2.